The van der Waals surface area contributed by atoms with Gasteiger partial charge in [-0.2, -0.15) is 13.2 Å². The van der Waals surface area contributed by atoms with Crippen molar-refractivity contribution in [3.8, 4) is 0 Å². The number of halogens is 3. The van der Waals surface area contributed by atoms with Crippen LogP contribution in [0.3, 0.4) is 0 Å². The highest BCUT2D eigenvalue weighted by Crippen LogP contribution is 2.37. The zero-order chi connectivity index (χ0) is 13.0. The minimum absolute atomic E-state index is 0.296. The third-order valence-electron chi connectivity index (χ3n) is 4.25. The van der Waals surface area contributed by atoms with E-state index in [1.807, 2.05) is 0 Å². The second-order valence-corrected chi connectivity index (χ2v) is 5.66. The van der Waals surface area contributed by atoms with Crippen molar-refractivity contribution < 1.29 is 13.2 Å². The van der Waals surface area contributed by atoms with E-state index in [4.69, 9.17) is 0 Å². The van der Waals surface area contributed by atoms with Gasteiger partial charge in [0.1, 0.15) is 0 Å². The normalized spacial score (nSPS) is 34.5. The second kappa shape index (κ2) is 6.24. The van der Waals surface area contributed by atoms with Gasteiger partial charge in [0.2, 0.25) is 0 Å². The summed E-state index contributed by atoms with van der Waals surface area (Å²) in [6.45, 7) is 2.71. The van der Waals surface area contributed by atoms with Gasteiger partial charge in [0.05, 0.1) is 5.92 Å². The maximum atomic E-state index is 12.9. The summed E-state index contributed by atoms with van der Waals surface area (Å²) in [7, 11) is 0. The molecule has 2 aliphatic rings. The van der Waals surface area contributed by atoms with Crippen molar-refractivity contribution in [2.45, 2.75) is 50.7 Å². The van der Waals surface area contributed by atoms with Crippen LogP contribution >= 0.6 is 0 Å². The molecule has 1 heterocycles. The first-order chi connectivity index (χ1) is 8.57. The van der Waals surface area contributed by atoms with Crippen molar-refractivity contribution in [1.29, 1.82) is 0 Å². The summed E-state index contributed by atoms with van der Waals surface area (Å²) < 4.78 is 38.7. The lowest BCUT2D eigenvalue weighted by molar-refractivity contribution is -0.189. The Labute approximate surface area is 107 Å². The fraction of sp³-hybridized carbons (Fsp3) is 1.00. The first-order valence-electron chi connectivity index (χ1n) is 7.08. The Bertz CT molecular complexity index is 249. The highest BCUT2D eigenvalue weighted by atomic mass is 19.4. The third kappa shape index (κ3) is 3.85. The van der Waals surface area contributed by atoms with Crippen molar-refractivity contribution >= 4 is 0 Å². The molecule has 2 rings (SSSR count). The summed E-state index contributed by atoms with van der Waals surface area (Å²) in [6, 6.07) is -0.360. The van der Waals surface area contributed by atoms with Gasteiger partial charge in [-0.25, -0.2) is 0 Å². The van der Waals surface area contributed by atoms with Gasteiger partial charge in [-0.05, 0) is 51.2 Å². The van der Waals surface area contributed by atoms with Crippen LogP contribution < -0.4 is 10.6 Å². The topological polar surface area (TPSA) is 24.1 Å². The number of hydrogen-bond acceptors (Lipinski definition) is 2. The van der Waals surface area contributed by atoms with Gasteiger partial charge in [0.25, 0.3) is 0 Å². The molecule has 0 aromatic rings. The molecule has 2 fully saturated rings. The summed E-state index contributed by atoms with van der Waals surface area (Å²) in [5, 5.41) is 6.49. The molecule has 3 atom stereocenters. The molecule has 0 aromatic carbocycles. The monoisotopic (exact) mass is 264 g/mol. The zero-order valence-corrected chi connectivity index (χ0v) is 10.7. The van der Waals surface area contributed by atoms with Gasteiger partial charge < -0.3 is 10.6 Å². The SMILES string of the molecule is FC(F)(F)C1CCCCC1NCC1CCCNC1. The summed E-state index contributed by atoms with van der Waals surface area (Å²) in [4.78, 5) is 0. The molecule has 1 aliphatic heterocycles. The van der Waals surface area contributed by atoms with Crippen LogP contribution in [-0.2, 0) is 0 Å². The Balaban J connectivity index is 1.81. The fourth-order valence-corrected chi connectivity index (χ4v) is 3.18. The summed E-state index contributed by atoms with van der Waals surface area (Å²) in [5.41, 5.74) is 0. The molecule has 18 heavy (non-hydrogen) atoms. The van der Waals surface area contributed by atoms with Crippen LogP contribution in [0.5, 0.6) is 0 Å². The molecule has 2 N–H and O–H groups in total. The van der Waals surface area contributed by atoms with Gasteiger partial charge in [-0.3, -0.25) is 0 Å². The smallest absolute Gasteiger partial charge is 0.316 e. The average molecular weight is 264 g/mol. The highest BCUT2D eigenvalue weighted by molar-refractivity contribution is 4.86. The van der Waals surface area contributed by atoms with Gasteiger partial charge in [0, 0.05) is 6.04 Å². The quantitative estimate of drug-likeness (QED) is 0.819. The Kier molecular flexibility index (Phi) is 4.90. The molecule has 0 amide bonds. The van der Waals surface area contributed by atoms with E-state index in [1.165, 1.54) is 0 Å². The predicted molar refractivity (Wildman–Crippen MR) is 65.4 cm³/mol. The average Bonchev–Trinajstić information content (AvgIpc) is 2.37. The summed E-state index contributed by atoms with van der Waals surface area (Å²) in [5.74, 6) is -0.641. The van der Waals surface area contributed by atoms with Crippen molar-refractivity contribution in [3.63, 3.8) is 0 Å². The Morgan fingerprint density at radius 2 is 1.83 bits per heavy atom. The van der Waals surface area contributed by atoms with Gasteiger partial charge in [0.15, 0.2) is 0 Å². The predicted octanol–water partition coefficient (Wildman–Crippen LogP) is 2.70. The highest BCUT2D eigenvalue weighted by Gasteiger charge is 2.45. The molecule has 0 aromatic heterocycles. The first-order valence-corrected chi connectivity index (χ1v) is 7.08. The van der Waals surface area contributed by atoms with E-state index in [1.54, 1.807) is 0 Å². The van der Waals surface area contributed by atoms with Crippen LogP contribution in [-0.4, -0.2) is 31.9 Å². The van der Waals surface area contributed by atoms with Gasteiger partial charge in [-0.1, -0.05) is 12.8 Å². The van der Waals surface area contributed by atoms with E-state index in [0.29, 0.717) is 25.2 Å². The minimum Gasteiger partial charge on any atom is -0.316 e. The van der Waals surface area contributed by atoms with Crippen LogP contribution in [0.1, 0.15) is 38.5 Å². The molecule has 1 aliphatic carbocycles. The summed E-state index contributed by atoms with van der Waals surface area (Å²) >= 11 is 0. The van der Waals surface area contributed by atoms with Crippen LogP contribution in [0.4, 0.5) is 13.2 Å². The lowest BCUT2D eigenvalue weighted by Gasteiger charge is -2.35. The van der Waals surface area contributed by atoms with Crippen molar-refractivity contribution in [1.82, 2.24) is 10.6 Å². The van der Waals surface area contributed by atoms with E-state index in [2.05, 4.69) is 10.6 Å². The molecule has 2 nitrogen and oxygen atoms in total. The lowest BCUT2D eigenvalue weighted by Crippen LogP contribution is -2.48. The number of piperidine rings is 1. The van der Waals surface area contributed by atoms with Crippen LogP contribution in [0.2, 0.25) is 0 Å². The van der Waals surface area contributed by atoms with Crippen LogP contribution in [0.15, 0.2) is 0 Å². The van der Waals surface area contributed by atoms with Crippen molar-refractivity contribution in [2.24, 2.45) is 11.8 Å². The summed E-state index contributed by atoms with van der Waals surface area (Å²) in [6.07, 6.45) is 0.834. The lowest BCUT2D eigenvalue weighted by atomic mass is 9.83. The Morgan fingerprint density at radius 3 is 2.50 bits per heavy atom. The number of hydrogen-bond donors (Lipinski definition) is 2. The third-order valence-corrected chi connectivity index (χ3v) is 4.25. The molecule has 1 saturated heterocycles. The minimum atomic E-state index is -4.04. The molecular weight excluding hydrogens is 241 g/mol. The second-order valence-electron chi connectivity index (χ2n) is 5.66. The molecule has 106 valence electrons. The first kappa shape index (κ1) is 14.1. The van der Waals surface area contributed by atoms with E-state index < -0.39 is 12.1 Å². The standard InChI is InChI=1S/C13H23F3N2/c14-13(15,16)11-5-1-2-6-12(11)18-9-10-4-3-7-17-8-10/h10-12,17-18H,1-9H2. The van der Waals surface area contributed by atoms with E-state index in [-0.39, 0.29) is 6.04 Å². The van der Waals surface area contributed by atoms with Crippen molar-refractivity contribution in [3.05, 3.63) is 0 Å². The molecule has 3 unspecified atom stereocenters. The molecule has 5 heteroatoms. The number of alkyl halides is 3. The largest absolute Gasteiger partial charge is 0.393 e. The Morgan fingerprint density at radius 1 is 1.06 bits per heavy atom. The van der Waals surface area contributed by atoms with E-state index >= 15 is 0 Å². The van der Waals surface area contributed by atoms with Gasteiger partial charge in [-0.15, -0.1) is 0 Å². The number of rotatable bonds is 3. The zero-order valence-electron chi connectivity index (χ0n) is 10.7. The molecule has 1 saturated carbocycles. The van der Waals surface area contributed by atoms with Crippen LogP contribution in [0.25, 0.3) is 0 Å². The van der Waals surface area contributed by atoms with E-state index in [0.717, 1.165) is 38.9 Å². The molecule has 0 bridgehead atoms. The molecule has 0 radical (unpaired) electrons. The van der Waals surface area contributed by atoms with Gasteiger partial charge >= 0.3 is 6.18 Å². The van der Waals surface area contributed by atoms with Crippen molar-refractivity contribution in [2.75, 3.05) is 19.6 Å². The van der Waals surface area contributed by atoms with Crippen LogP contribution in [0, 0.1) is 11.8 Å². The fourth-order valence-electron chi connectivity index (χ4n) is 3.18. The maximum absolute atomic E-state index is 12.9. The maximum Gasteiger partial charge on any atom is 0.393 e. The number of nitrogens with one attached hydrogen (secondary N) is 2. The molecule has 0 spiro atoms. The van der Waals surface area contributed by atoms with E-state index in [9.17, 15) is 13.2 Å². The molecular formula is C13H23F3N2. The Hall–Kier alpha value is -0.290.